The second-order valence-corrected chi connectivity index (χ2v) is 14.0. The monoisotopic (exact) mass is 571 g/mol. The Morgan fingerprint density at radius 2 is 1.16 bits per heavy atom. The molecule has 222 valence electrons. The Kier molecular flexibility index (Phi) is 6.54. The standard InChI is InChI=1S/C39H47N4/c1-10-41-22-40(8)19-34-16-31(13-26(4)37(34)41)32-14-27(5)38-36(18-32)21-43(9)23-42(38)20-35-17-33(15-28(6)39(35)43)30-11-24(2)29(7)25(3)12-30/h11-18H,10,19-23H2,1-9H3/q+1. The van der Waals surface area contributed by atoms with E-state index in [1.165, 1.54) is 89.4 Å². The van der Waals surface area contributed by atoms with Gasteiger partial charge in [0.25, 0.3) is 0 Å². The van der Waals surface area contributed by atoms with Crippen LogP contribution in [0.1, 0.15) is 57.0 Å². The zero-order valence-electron chi connectivity index (χ0n) is 27.7. The van der Waals surface area contributed by atoms with Crippen molar-refractivity contribution in [2.75, 3.05) is 43.8 Å². The Hall–Kier alpha value is -3.60. The molecule has 7 rings (SSSR count). The van der Waals surface area contributed by atoms with Crippen molar-refractivity contribution >= 4 is 17.1 Å². The number of aryl methyl sites for hydroxylation is 5. The molecule has 3 aliphatic rings. The van der Waals surface area contributed by atoms with E-state index in [-0.39, 0.29) is 0 Å². The molecular formula is C39H47N4+. The summed E-state index contributed by atoms with van der Waals surface area (Å²) in [6, 6.07) is 19.5. The number of hydrogen-bond acceptors (Lipinski definition) is 3. The van der Waals surface area contributed by atoms with Crippen LogP contribution in [0, 0.1) is 41.5 Å². The highest BCUT2D eigenvalue weighted by atomic mass is 15.5. The summed E-state index contributed by atoms with van der Waals surface area (Å²) in [7, 11) is 4.68. The summed E-state index contributed by atoms with van der Waals surface area (Å²) in [5.74, 6) is 0. The SMILES string of the molecule is CCN1CN(C)Cc2cc(-c3cc(C)c4c(c3)C[N+]3(C)CN4Cc4cc(-c5cc(C)c(C)c(C)c5)cc(C)c43)cc(C)c21. The van der Waals surface area contributed by atoms with Gasteiger partial charge in [-0.05, 0) is 148 Å². The molecule has 4 nitrogen and oxygen atoms in total. The second kappa shape index (κ2) is 9.97. The molecule has 0 aliphatic carbocycles. The van der Waals surface area contributed by atoms with E-state index in [1.807, 2.05) is 0 Å². The zero-order valence-corrected chi connectivity index (χ0v) is 27.7. The molecule has 4 aromatic carbocycles. The normalized spacial score (nSPS) is 19.3. The van der Waals surface area contributed by atoms with Gasteiger partial charge in [-0.25, -0.2) is 0 Å². The van der Waals surface area contributed by atoms with Gasteiger partial charge in [-0.1, -0.05) is 12.1 Å². The van der Waals surface area contributed by atoms with E-state index in [0.717, 1.165) is 44.0 Å². The van der Waals surface area contributed by atoms with Gasteiger partial charge in [0.15, 0.2) is 6.67 Å². The fraction of sp³-hybridized carbons (Fsp3) is 0.385. The Morgan fingerprint density at radius 1 is 0.628 bits per heavy atom. The van der Waals surface area contributed by atoms with Gasteiger partial charge in [-0.2, -0.15) is 0 Å². The summed E-state index contributed by atoms with van der Waals surface area (Å²) in [6.45, 7) is 22.0. The van der Waals surface area contributed by atoms with Crippen molar-refractivity contribution in [3.8, 4) is 22.3 Å². The molecule has 4 aromatic rings. The third-order valence-electron chi connectivity index (χ3n) is 10.5. The lowest BCUT2D eigenvalue weighted by atomic mass is 9.88. The number of hydrogen-bond donors (Lipinski definition) is 0. The molecule has 2 bridgehead atoms. The molecule has 0 amide bonds. The molecular weight excluding hydrogens is 524 g/mol. The van der Waals surface area contributed by atoms with Gasteiger partial charge in [0.2, 0.25) is 0 Å². The van der Waals surface area contributed by atoms with Crippen LogP contribution in [0.4, 0.5) is 17.1 Å². The van der Waals surface area contributed by atoms with Gasteiger partial charge in [-0.15, -0.1) is 0 Å². The number of quaternary nitrogens is 1. The van der Waals surface area contributed by atoms with Crippen LogP contribution in [0.15, 0.2) is 48.5 Å². The van der Waals surface area contributed by atoms with Crippen molar-refractivity contribution in [2.45, 2.75) is 68.1 Å². The molecule has 0 radical (unpaired) electrons. The third-order valence-corrected chi connectivity index (χ3v) is 10.5. The van der Waals surface area contributed by atoms with Crippen LogP contribution in [0.2, 0.25) is 0 Å². The van der Waals surface area contributed by atoms with E-state index in [4.69, 9.17) is 0 Å². The maximum atomic E-state index is 2.65. The molecule has 0 spiro atoms. The largest absolute Gasteiger partial charge is 0.358 e. The number of benzene rings is 4. The number of anilines is 2. The van der Waals surface area contributed by atoms with E-state index in [0.29, 0.717) is 0 Å². The van der Waals surface area contributed by atoms with Crippen LogP contribution in [0.5, 0.6) is 0 Å². The molecule has 1 unspecified atom stereocenters. The van der Waals surface area contributed by atoms with Crippen LogP contribution >= 0.6 is 0 Å². The van der Waals surface area contributed by atoms with Crippen LogP contribution < -0.4 is 14.3 Å². The van der Waals surface area contributed by atoms with Gasteiger partial charge in [0, 0.05) is 35.5 Å². The van der Waals surface area contributed by atoms with E-state index in [1.54, 1.807) is 0 Å². The molecule has 0 aromatic heterocycles. The third kappa shape index (κ3) is 4.49. The Balaban J connectivity index is 1.29. The van der Waals surface area contributed by atoms with Gasteiger partial charge in [0.05, 0.1) is 25.9 Å². The van der Waals surface area contributed by atoms with Crippen LogP contribution in [-0.4, -0.2) is 38.9 Å². The maximum absolute atomic E-state index is 2.65. The van der Waals surface area contributed by atoms with Gasteiger partial charge in [0.1, 0.15) is 12.2 Å². The number of nitrogens with zero attached hydrogens (tertiary/aromatic N) is 4. The first-order valence-electron chi connectivity index (χ1n) is 16.0. The number of rotatable bonds is 3. The Labute approximate surface area is 258 Å². The second-order valence-electron chi connectivity index (χ2n) is 14.0. The molecule has 0 N–H and O–H groups in total. The molecule has 43 heavy (non-hydrogen) atoms. The smallest absolute Gasteiger partial charge is 0.159 e. The summed E-state index contributed by atoms with van der Waals surface area (Å²) >= 11 is 0. The van der Waals surface area contributed by atoms with Crippen molar-refractivity contribution in [3.63, 3.8) is 0 Å². The topological polar surface area (TPSA) is 9.72 Å². The Morgan fingerprint density at radius 3 is 1.81 bits per heavy atom. The van der Waals surface area contributed by atoms with E-state index >= 15 is 0 Å². The minimum Gasteiger partial charge on any atom is -0.358 e. The molecule has 0 saturated heterocycles. The average molecular weight is 572 g/mol. The maximum Gasteiger partial charge on any atom is 0.159 e. The molecule has 4 heteroatoms. The fourth-order valence-electron chi connectivity index (χ4n) is 8.62. The minimum absolute atomic E-state index is 0.933. The van der Waals surface area contributed by atoms with E-state index in [9.17, 15) is 0 Å². The molecule has 3 heterocycles. The first kappa shape index (κ1) is 28.2. The molecule has 1 atom stereocenters. The van der Waals surface area contributed by atoms with Crippen LogP contribution in [0.25, 0.3) is 22.3 Å². The highest BCUT2D eigenvalue weighted by Gasteiger charge is 2.43. The van der Waals surface area contributed by atoms with Crippen LogP contribution in [0.3, 0.4) is 0 Å². The molecule has 0 saturated carbocycles. The Bertz CT molecular complexity index is 1780. The van der Waals surface area contributed by atoms with Crippen molar-refractivity contribution in [3.05, 3.63) is 98.6 Å². The highest BCUT2D eigenvalue weighted by Crippen LogP contribution is 2.47. The van der Waals surface area contributed by atoms with Crippen molar-refractivity contribution < 1.29 is 0 Å². The fourth-order valence-corrected chi connectivity index (χ4v) is 8.62. The molecule has 0 fully saturated rings. The summed E-state index contributed by atoms with van der Waals surface area (Å²) in [6.07, 6.45) is 0. The predicted molar refractivity (Wildman–Crippen MR) is 184 cm³/mol. The average Bonchev–Trinajstić information content (AvgIpc) is 2.93. The zero-order chi connectivity index (χ0) is 30.4. The van der Waals surface area contributed by atoms with Gasteiger partial charge >= 0.3 is 0 Å². The minimum atomic E-state index is 0.933. The van der Waals surface area contributed by atoms with Gasteiger partial charge in [-0.3, -0.25) is 9.38 Å². The van der Waals surface area contributed by atoms with E-state index in [2.05, 4.69) is 126 Å². The first-order chi connectivity index (χ1) is 20.5. The highest BCUT2D eigenvalue weighted by molar-refractivity contribution is 5.80. The van der Waals surface area contributed by atoms with E-state index < -0.39 is 0 Å². The van der Waals surface area contributed by atoms with Gasteiger partial charge < -0.3 is 9.80 Å². The van der Waals surface area contributed by atoms with Crippen LogP contribution in [-0.2, 0) is 19.6 Å². The summed E-state index contributed by atoms with van der Waals surface area (Å²) in [5.41, 5.74) is 22.5. The van der Waals surface area contributed by atoms with Crippen molar-refractivity contribution in [1.29, 1.82) is 0 Å². The lowest BCUT2D eigenvalue weighted by molar-refractivity contribution is 0.285. The van der Waals surface area contributed by atoms with Crippen molar-refractivity contribution in [2.24, 2.45) is 0 Å². The predicted octanol–water partition coefficient (Wildman–Crippen LogP) is 8.53. The first-order valence-corrected chi connectivity index (χ1v) is 16.0. The lowest BCUT2D eigenvalue weighted by Crippen LogP contribution is -2.59. The number of fused-ring (bicyclic) bond motifs is 7. The summed E-state index contributed by atoms with van der Waals surface area (Å²) in [4.78, 5) is 7.59. The summed E-state index contributed by atoms with van der Waals surface area (Å²) in [5, 5.41) is 0. The lowest BCUT2D eigenvalue weighted by Gasteiger charge is -2.50. The van der Waals surface area contributed by atoms with Crippen molar-refractivity contribution in [1.82, 2.24) is 9.38 Å². The molecule has 3 aliphatic heterocycles. The quantitative estimate of drug-likeness (QED) is 0.228. The summed E-state index contributed by atoms with van der Waals surface area (Å²) < 4.78 is 0.933.